The molecule has 18 heavy (non-hydrogen) atoms. The van der Waals surface area contributed by atoms with Crippen LogP contribution in [0.15, 0.2) is 11.6 Å². The highest BCUT2D eigenvalue weighted by atomic mass is 32.1. The van der Waals surface area contributed by atoms with E-state index >= 15 is 0 Å². The summed E-state index contributed by atoms with van der Waals surface area (Å²) < 4.78 is 0. The van der Waals surface area contributed by atoms with E-state index < -0.39 is 0 Å². The summed E-state index contributed by atoms with van der Waals surface area (Å²) in [5.74, 6) is 0. The lowest BCUT2D eigenvalue weighted by Crippen LogP contribution is -2.44. The van der Waals surface area contributed by atoms with E-state index in [1.807, 2.05) is 6.20 Å². The van der Waals surface area contributed by atoms with Gasteiger partial charge in [-0.15, -0.1) is 11.3 Å². The Morgan fingerprint density at radius 3 is 2.39 bits per heavy atom. The highest BCUT2D eigenvalue weighted by Gasteiger charge is 2.38. The Kier molecular flexibility index (Phi) is 3.84. The van der Waals surface area contributed by atoms with Gasteiger partial charge in [-0.05, 0) is 37.0 Å². The van der Waals surface area contributed by atoms with Crippen LogP contribution < -0.4 is 5.32 Å². The maximum Gasteiger partial charge on any atom is 0.109 e. The first-order valence-electron chi connectivity index (χ1n) is 6.93. The Hall–Kier alpha value is -0.410. The number of thiazole rings is 1. The summed E-state index contributed by atoms with van der Waals surface area (Å²) in [6, 6.07) is 0.988. The molecule has 0 amide bonds. The lowest BCUT2D eigenvalue weighted by atomic mass is 9.63. The minimum absolute atomic E-state index is 0.375. The van der Waals surface area contributed by atoms with Crippen molar-refractivity contribution >= 4 is 11.3 Å². The Balaban J connectivity index is 2.01. The SMILES string of the molecule is CC(NC1CC(C)(C)CC(C)(C)C1)c1nccs1. The molecule has 1 aliphatic carbocycles. The standard InChI is InChI=1S/C15H26N2S/c1-11(13-16-6-7-18-13)17-12-8-14(2,3)10-15(4,5)9-12/h6-7,11-12,17H,8-10H2,1-5H3. The van der Waals surface area contributed by atoms with Gasteiger partial charge in [0.2, 0.25) is 0 Å². The van der Waals surface area contributed by atoms with E-state index in [2.05, 4.69) is 50.3 Å². The van der Waals surface area contributed by atoms with E-state index in [9.17, 15) is 0 Å². The lowest BCUT2D eigenvalue weighted by Gasteiger charge is -2.45. The minimum atomic E-state index is 0.375. The van der Waals surface area contributed by atoms with Crippen molar-refractivity contribution in [3.63, 3.8) is 0 Å². The molecule has 1 unspecified atom stereocenters. The largest absolute Gasteiger partial charge is 0.305 e. The van der Waals surface area contributed by atoms with Gasteiger partial charge in [0.15, 0.2) is 0 Å². The molecule has 1 saturated carbocycles. The smallest absolute Gasteiger partial charge is 0.109 e. The Bertz CT molecular complexity index is 365. The topological polar surface area (TPSA) is 24.9 Å². The van der Waals surface area contributed by atoms with Crippen LogP contribution >= 0.6 is 11.3 Å². The van der Waals surface area contributed by atoms with Gasteiger partial charge in [0, 0.05) is 17.6 Å². The summed E-state index contributed by atoms with van der Waals surface area (Å²) in [5.41, 5.74) is 0.893. The average molecular weight is 266 g/mol. The third-order valence-electron chi connectivity index (χ3n) is 3.86. The maximum absolute atomic E-state index is 4.41. The van der Waals surface area contributed by atoms with Gasteiger partial charge in [0.05, 0.1) is 6.04 Å². The van der Waals surface area contributed by atoms with Crippen molar-refractivity contribution in [3.05, 3.63) is 16.6 Å². The number of hydrogen-bond donors (Lipinski definition) is 1. The van der Waals surface area contributed by atoms with Crippen LogP contribution in [0.1, 0.15) is 64.9 Å². The zero-order valence-corrected chi connectivity index (χ0v) is 13.1. The fourth-order valence-corrected chi connectivity index (χ4v) is 4.49. The van der Waals surface area contributed by atoms with Crippen molar-refractivity contribution in [1.82, 2.24) is 10.3 Å². The van der Waals surface area contributed by atoms with E-state index in [0.29, 0.717) is 22.9 Å². The summed E-state index contributed by atoms with van der Waals surface area (Å²) >= 11 is 1.75. The van der Waals surface area contributed by atoms with E-state index in [0.717, 1.165) is 0 Å². The summed E-state index contributed by atoms with van der Waals surface area (Å²) in [6.07, 6.45) is 5.76. The second-order valence-corrected chi connectivity index (χ2v) is 8.30. The molecule has 1 aromatic rings. The molecule has 1 heterocycles. The molecule has 1 aliphatic rings. The van der Waals surface area contributed by atoms with Gasteiger partial charge in [-0.1, -0.05) is 27.7 Å². The molecular formula is C15H26N2S. The van der Waals surface area contributed by atoms with Crippen molar-refractivity contribution < 1.29 is 0 Å². The van der Waals surface area contributed by atoms with Crippen LogP contribution in [-0.2, 0) is 0 Å². The zero-order valence-electron chi connectivity index (χ0n) is 12.3. The molecule has 1 atom stereocenters. The number of aromatic nitrogens is 1. The highest BCUT2D eigenvalue weighted by Crippen LogP contribution is 2.46. The maximum atomic E-state index is 4.41. The first-order valence-corrected chi connectivity index (χ1v) is 7.81. The molecule has 0 bridgehead atoms. The van der Waals surface area contributed by atoms with Gasteiger partial charge in [-0.2, -0.15) is 0 Å². The molecule has 2 nitrogen and oxygen atoms in total. The van der Waals surface area contributed by atoms with Gasteiger partial charge in [-0.25, -0.2) is 4.98 Å². The molecule has 1 aromatic heterocycles. The van der Waals surface area contributed by atoms with Crippen molar-refractivity contribution in [2.24, 2.45) is 10.8 Å². The Morgan fingerprint density at radius 2 is 1.89 bits per heavy atom. The van der Waals surface area contributed by atoms with Crippen LogP contribution in [0, 0.1) is 10.8 Å². The van der Waals surface area contributed by atoms with Gasteiger partial charge in [-0.3, -0.25) is 0 Å². The predicted octanol–water partition coefficient (Wildman–Crippen LogP) is 4.40. The molecule has 2 rings (SSSR count). The summed E-state index contributed by atoms with van der Waals surface area (Å²) in [7, 11) is 0. The number of nitrogens with one attached hydrogen (secondary N) is 1. The lowest BCUT2D eigenvalue weighted by molar-refractivity contribution is 0.0811. The number of nitrogens with zero attached hydrogens (tertiary/aromatic N) is 1. The highest BCUT2D eigenvalue weighted by molar-refractivity contribution is 7.09. The molecule has 0 spiro atoms. The van der Waals surface area contributed by atoms with Crippen LogP contribution in [0.25, 0.3) is 0 Å². The minimum Gasteiger partial charge on any atom is -0.305 e. The monoisotopic (exact) mass is 266 g/mol. The van der Waals surface area contributed by atoms with Gasteiger partial charge >= 0.3 is 0 Å². The average Bonchev–Trinajstić information content (AvgIpc) is 2.63. The summed E-state index contributed by atoms with van der Waals surface area (Å²) in [4.78, 5) is 4.41. The molecule has 3 heteroatoms. The van der Waals surface area contributed by atoms with E-state index in [1.54, 1.807) is 11.3 Å². The van der Waals surface area contributed by atoms with Crippen molar-refractivity contribution in [3.8, 4) is 0 Å². The molecule has 102 valence electrons. The van der Waals surface area contributed by atoms with Crippen LogP contribution in [0.5, 0.6) is 0 Å². The van der Waals surface area contributed by atoms with Gasteiger partial charge in [0.25, 0.3) is 0 Å². The van der Waals surface area contributed by atoms with Crippen LogP contribution in [0.3, 0.4) is 0 Å². The number of rotatable bonds is 3. The van der Waals surface area contributed by atoms with Crippen LogP contribution in [0.4, 0.5) is 0 Å². The predicted molar refractivity (Wildman–Crippen MR) is 78.9 cm³/mol. The van der Waals surface area contributed by atoms with Crippen LogP contribution in [0.2, 0.25) is 0 Å². The third-order valence-corrected chi connectivity index (χ3v) is 4.82. The normalized spacial score (nSPS) is 24.9. The second kappa shape index (κ2) is 4.93. The second-order valence-electron chi connectivity index (χ2n) is 7.37. The number of hydrogen-bond acceptors (Lipinski definition) is 3. The first kappa shape index (κ1) is 14.0. The molecule has 0 radical (unpaired) electrons. The quantitative estimate of drug-likeness (QED) is 0.877. The van der Waals surface area contributed by atoms with Gasteiger partial charge < -0.3 is 5.32 Å². The molecule has 0 aliphatic heterocycles. The summed E-state index contributed by atoms with van der Waals surface area (Å²) in [6.45, 7) is 11.8. The Labute approximate surface area is 115 Å². The molecule has 0 saturated heterocycles. The Morgan fingerprint density at radius 1 is 1.28 bits per heavy atom. The van der Waals surface area contributed by atoms with Crippen LogP contribution in [-0.4, -0.2) is 11.0 Å². The fraction of sp³-hybridized carbons (Fsp3) is 0.800. The summed E-state index contributed by atoms with van der Waals surface area (Å²) in [5, 5.41) is 7.04. The molecule has 1 fully saturated rings. The van der Waals surface area contributed by atoms with Gasteiger partial charge in [0.1, 0.15) is 5.01 Å². The third kappa shape index (κ3) is 3.55. The van der Waals surface area contributed by atoms with Crippen molar-refractivity contribution in [2.75, 3.05) is 0 Å². The molecular weight excluding hydrogens is 240 g/mol. The van der Waals surface area contributed by atoms with E-state index in [-0.39, 0.29) is 0 Å². The molecule has 1 N–H and O–H groups in total. The fourth-order valence-electron chi connectivity index (χ4n) is 3.84. The zero-order chi connectivity index (χ0) is 13.4. The van der Waals surface area contributed by atoms with Crippen molar-refractivity contribution in [2.45, 2.75) is 66.0 Å². The first-order chi connectivity index (χ1) is 8.27. The van der Waals surface area contributed by atoms with Crippen molar-refractivity contribution in [1.29, 1.82) is 0 Å². The van der Waals surface area contributed by atoms with E-state index in [4.69, 9.17) is 0 Å². The van der Waals surface area contributed by atoms with E-state index in [1.165, 1.54) is 24.3 Å². The molecule has 0 aromatic carbocycles.